The number of hydrogen-bond acceptors (Lipinski definition) is 6. The zero-order valence-corrected chi connectivity index (χ0v) is 48.5. The molecule has 6 heteroatoms. The third-order valence-corrected chi connectivity index (χ3v) is 15.1. The predicted molar refractivity (Wildman–Crippen MR) is 307 cm³/mol. The fourth-order valence-corrected chi connectivity index (χ4v) is 10.2. The second-order valence-corrected chi connectivity index (χ2v) is 22.4. The molecule has 6 nitrogen and oxygen atoms in total. The second-order valence-electron chi connectivity index (χ2n) is 22.4. The van der Waals surface area contributed by atoms with Crippen molar-refractivity contribution < 1.29 is 28.6 Å². The quantitative estimate of drug-likeness (QED) is 0.0343. The summed E-state index contributed by atoms with van der Waals surface area (Å²) in [4.78, 5) is 38.2. The van der Waals surface area contributed by atoms with E-state index in [1.54, 1.807) is 0 Å². The minimum Gasteiger partial charge on any atom is -0.462 e. The van der Waals surface area contributed by atoms with Crippen LogP contribution < -0.4 is 0 Å². The van der Waals surface area contributed by atoms with Gasteiger partial charge >= 0.3 is 17.9 Å². The molecule has 1 atom stereocenters. The van der Waals surface area contributed by atoms with Crippen molar-refractivity contribution in [1.29, 1.82) is 0 Å². The summed E-state index contributed by atoms with van der Waals surface area (Å²) in [5.74, 6) is -0.829. The van der Waals surface area contributed by atoms with Crippen molar-refractivity contribution in [2.45, 2.75) is 386 Å². The molecule has 71 heavy (non-hydrogen) atoms. The van der Waals surface area contributed by atoms with Gasteiger partial charge in [0.1, 0.15) is 13.2 Å². The minimum absolute atomic E-state index is 0.0609. The maximum Gasteiger partial charge on any atom is 0.306 e. The van der Waals surface area contributed by atoms with Gasteiger partial charge in [0.2, 0.25) is 0 Å². The van der Waals surface area contributed by atoms with Crippen LogP contribution in [0.2, 0.25) is 0 Å². The van der Waals surface area contributed by atoms with E-state index in [2.05, 4.69) is 20.8 Å². The molecule has 0 aromatic rings. The normalized spacial score (nSPS) is 11.9. The Hall–Kier alpha value is -1.59. The van der Waals surface area contributed by atoms with Gasteiger partial charge in [-0.2, -0.15) is 0 Å². The molecule has 0 amide bonds. The minimum atomic E-state index is -0.761. The summed E-state index contributed by atoms with van der Waals surface area (Å²) in [6.07, 6.45) is 69.8. The van der Waals surface area contributed by atoms with Crippen molar-refractivity contribution in [3.8, 4) is 0 Å². The molecule has 0 aliphatic heterocycles. The van der Waals surface area contributed by atoms with Crippen molar-refractivity contribution in [2.24, 2.45) is 0 Å². The predicted octanol–water partition coefficient (Wildman–Crippen LogP) is 21.9. The standard InChI is InChI=1S/C65H126O6/c1-4-7-10-13-16-19-22-24-26-27-28-29-30-31-32-33-34-35-36-37-39-40-43-46-49-52-55-58-64(67)70-61-62(60-69-63(66)57-54-51-48-45-42-21-18-15-12-9-6-3)71-65(68)59-56-53-50-47-44-41-38-25-23-20-17-14-11-8-5-2/h62H,4-61H2,1-3H3. The number of rotatable bonds is 61. The molecule has 0 aliphatic rings. The van der Waals surface area contributed by atoms with E-state index in [1.807, 2.05) is 0 Å². The van der Waals surface area contributed by atoms with Crippen LogP contribution in [0.25, 0.3) is 0 Å². The summed E-state index contributed by atoms with van der Waals surface area (Å²) in [7, 11) is 0. The second kappa shape index (κ2) is 61.0. The summed E-state index contributed by atoms with van der Waals surface area (Å²) >= 11 is 0. The Morgan fingerprint density at radius 1 is 0.225 bits per heavy atom. The van der Waals surface area contributed by atoms with Gasteiger partial charge < -0.3 is 14.2 Å². The SMILES string of the molecule is CCCCCCCCCCCCCCCCCCCCCCCCCCCCCC(=O)OCC(COC(=O)CCCCCCCCCCCCC)OC(=O)CCCCCCCCCCCCCCCCC. The van der Waals surface area contributed by atoms with Crippen molar-refractivity contribution in [3.05, 3.63) is 0 Å². The van der Waals surface area contributed by atoms with Gasteiger partial charge in [-0.1, -0.05) is 342 Å². The van der Waals surface area contributed by atoms with Crippen LogP contribution in [0.15, 0.2) is 0 Å². The summed E-state index contributed by atoms with van der Waals surface area (Å²) in [6, 6.07) is 0. The van der Waals surface area contributed by atoms with Gasteiger partial charge in [0.25, 0.3) is 0 Å². The van der Waals surface area contributed by atoms with Crippen LogP contribution in [-0.2, 0) is 28.6 Å². The molecule has 0 aromatic heterocycles. The van der Waals surface area contributed by atoms with Crippen LogP contribution in [0.4, 0.5) is 0 Å². The first kappa shape index (κ1) is 69.4. The lowest BCUT2D eigenvalue weighted by molar-refractivity contribution is -0.167. The highest BCUT2D eigenvalue weighted by atomic mass is 16.6. The van der Waals surface area contributed by atoms with Gasteiger partial charge in [0.05, 0.1) is 0 Å². The monoisotopic (exact) mass is 1000 g/mol. The van der Waals surface area contributed by atoms with E-state index in [-0.39, 0.29) is 31.1 Å². The lowest BCUT2D eigenvalue weighted by Gasteiger charge is -2.18. The van der Waals surface area contributed by atoms with E-state index in [0.717, 1.165) is 57.8 Å². The lowest BCUT2D eigenvalue weighted by Crippen LogP contribution is -2.30. The third kappa shape index (κ3) is 59.2. The number of ether oxygens (including phenoxy) is 3. The summed E-state index contributed by atoms with van der Waals surface area (Å²) in [5, 5.41) is 0. The molecule has 0 bridgehead atoms. The number of unbranched alkanes of at least 4 members (excludes halogenated alkanes) is 50. The first-order valence-electron chi connectivity index (χ1n) is 32.5. The van der Waals surface area contributed by atoms with Crippen molar-refractivity contribution in [3.63, 3.8) is 0 Å². The van der Waals surface area contributed by atoms with E-state index in [4.69, 9.17) is 14.2 Å². The highest BCUT2D eigenvalue weighted by Gasteiger charge is 2.19. The molecule has 0 fully saturated rings. The Labute approximate surface area is 444 Å². The molecule has 0 saturated carbocycles. The van der Waals surface area contributed by atoms with E-state index in [9.17, 15) is 14.4 Å². The molecule has 0 rings (SSSR count). The van der Waals surface area contributed by atoms with Crippen LogP contribution in [0.3, 0.4) is 0 Å². The Bertz CT molecular complexity index is 1060. The molecule has 0 N–H and O–H groups in total. The fraction of sp³-hybridized carbons (Fsp3) is 0.954. The van der Waals surface area contributed by atoms with Crippen LogP contribution in [0.5, 0.6) is 0 Å². The van der Waals surface area contributed by atoms with E-state index in [1.165, 1.54) is 283 Å². The highest BCUT2D eigenvalue weighted by Crippen LogP contribution is 2.19. The average Bonchev–Trinajstić information content (AvgIpc) is 3.37. The smallest absolute Gasteiger partial charge is 0.306 e. The van der Waals surface area contributed by atoms with E-state index < -0.39 is 6.10 Å². The summed E-state index contributed by atoms with van der Waals surface area (Å²) < 4.78 is 16.9. The topological polar surface area (TPSA) is 78.9 Å². The largest absolute Gasteiger partial charge is 0.462 e. The van der Waals surface area contributed by atoms with Crippen molar-refractivity contribution in [2.75, 3.05) is 13.2 Å². The molecule has 0 radical (unpaired) electrons. The molecular formula is C65H126O6. The Kier molecular flexibility index (Phi) is 59.6. The zero-order chi connectivity index (χ0) is 51.4. The Morgan fingerprint density at radius 2 is 0.380 bits per heavy atom. The number of carbonyl (C=O) groups is 3. The van der Waals surface area contributed by atoms with Crippen LogP contribution >= 0.6 is 0 Å². The molecule has 0 aromatic carbocycles. The molecular weight excluding hydrogens is 877 g/mol. The van der Waals surface area contributed by atoms with Gasteiger partial charge in [-0.15, -0.1) is 0 Å². The first-order chi connectivity index (χ1) is 35.0. The molecule has 422 valence electrons. The molecule has 1 unspecified atom stereocenters. The average molecular weight is 1000 g/mol. The van der Waals surface area contributed by atoms with E-state index in [0.29, 0.717) is 19.3 Å². The maximum absolute atomic E-state index is 12.9. The molecule has 0 spiro atoms. The van der Waals surface area contributed by atoms with Gasteiger partial charge in [-0.05, 0) is 19.3 Å². The summed E-state index contributed by atoms with van der Waals surface area (Å²) in [5.41, 5.74) is 0. The molecule has 0 aliphatic carbocycles. The number of carbonyl (C=O) groups excluding carboxylic acids is 3. The molecule has 0 heterocycles. The van der Waals surface area contributed by atoms with Crippen LogP contribution in [-0.4, -0.2) is 37.2 Å². The first-order valence-corrected chi connectivity index (χ1v) is 32.5. The maximum atomic E-state index is 12.9. The van der Waals surface area contributed by atoms with Gasteiger partial charge in [0.15, 0.2) is 6.10 Å². The van der Waals surface area contributed by atoms with Crippen LogP contribution in [0.1, 0.15) is 380 Å². The van der Waals surface area contributed by atoms with Gasteiger partial charge in [-0.25, -0.2) is 0 Å². The van der Waals surface area contributed by atoms with E-state index >= 15 is 0 Å². The molecule has 0 saturated heterocycles. The van der Waals surface area contributed by atoms with Crippen LogP contribution in [0, 0.1) is 0 Å². The Balaban J connectivity index is 4.10. The highest BCUT2D eigenvalue weighted by molar-refractivity contribution is 5.71. The summed E-state index contributed by atoms with van der Waals surface area (Å²) in [6.45, 7) is 6.71. The van der Waals surface area contributed by atoms with Crippen molar-refractivity contribution >= 4 is 17.9 Å². The third-order valence-electron chi connectivity index (χ3n) is 15.1. The van der Waals surface area contributed by atoms with Gasteiger partial charge in [0, 0.05) is 19.3 Å². The Morgan fingerprint density at radius 3 is 0.563 bits per heavy atom. The van der Waals surface area contributed by atoms with Gasteiger partial charge in [-0.3, -0.25) is 14.4 Å². The van der Waals surface area contributed by atoms with Crippen molar-refractivity contribution in [1.82, 2.24) is 0 Å². The number of esters is 3. The lowest BCUT2D eigenvalue weighted by atomic mass is 10.0. The fourth-order valence-electron chi connectivity index (χ4n) is 10.2. The zero-order valence-electron chi connectivity index (χ0n) is 48.5. The number of hydrogen-bond donors (Lipinski definition) is 0.